The van der Waals surface area contributed by atoms with E-state index >= 15 is 0 Å². The van der Waals surface area contributed by atoms with E-state index < -0.39 is 0 Å². The molecule has 1 amide bonds. The largest absolute Gasteiger partial charge is 0.459 e. The predicted octanol–water partition coefficient (Wildman–Crippen LogP) is 5.23. The number of nitrogens with zero attached hydrogens (tertiary/aromatic N) is 2. The highest BCUT2D eigenvalue weighted by molar-refractivity contribution is 7.13. The molecule has 4 rings (SSSR count). The molecule has 1 aliphatic heterocycles. The quantitative estimate of drug-likeness (QED) is 0.590. The number of hydrogen-bond acceptors (Lipinski definition) is 5. The summed E-state index contributed by atoms with van der Waals surface area (Å²) in [6.07, 6.45) is 3.45. The molecule has 0 unspecified atom stereocenters. The van der Waals surface area contributed by atoms with Crippen LogP contribution in [0.5, 0.6) is 0 Å². The van der Waals surface area contributed by atoms with E-state index in [0.29, 0.717) is 11.7 Å². The summed E-state index contributed by atoms with van der Waals surface area (Å²) < 4.78 is 5.30. The Bertz CT molecular complexity index is 982. The van der Waals surface area contributed by atoms with Gasteiger partial charge in [-0.25, -0.2) is 4.98 Å². The second-order valence-corrected chi connectivity index (χ2v) is 9.24. The van der Waals surface area contributed by atoms with Gasteiger partial charge in [0.1, 0.15) is 5.01 Å². The average molecular weight is 424 g/mol. The number of nitrogens with one attached hydrogen (secondary N) is 1. The van der Waals surface area contributed by atoms with Crippen LogP contribution in [0.3, 0.4) is 0 Å². The third kappa shape index (κ3) is 4.82. The minimum absolute atomic E-state index is 0.108. The van der Waals surface area contributed by atoms with E-state index in [2.05, 4.69) is 53.7 Å². The summed E-state index contributed by atoms with van der Waals surface area (Å²) >= 11 is 1.71. The highest BCUT2D eigenvalue weighted by Gasteiger charge is 2.23. The van der Waals surface area contributed by atoms with Gasteiger partial charge >= 0.3 is 0 Å². The Morgan fingerprint density at radius 2 is 1.97 bits per heavy atom. The fraction of sp³-hybridized carbons (Fsp3) is 0.417. The third-order valence-electron chi connectivity index (χ3n) is 5.75. The highest BCUT2D eigenvalue weighted by Crippen LogP contribution is 2.26. The molecular formula is C24H29N3O2S. The van der Waals surface area contributed by atoms with Gasteiger partial charge in [0.2, 0.25) is 0 Å². The van der Waals surface area contributed by atoms with Gasteiger partial charge < -0.3 is 9.73 Å². The van der Waals surface area contributed by atoms with Crippen LogP contribution in [0, 0.1) is 6.92 Å². The number of aromatic nitrogens is 1. The Morgan fingerprint density at radius 1 is 1.23 bits per heavy atom. The maximum atomic E-state index is 12.3. The number of piperidine rings is 1. The molecule has 1 aromatic carbocycles. The molecule has 0 saturated carbocycles. The number of furan rings is 1. The molecule has 6 heteroatoms. The number of rotatable bonds is 6. The van der Waals surface area contributed by atoms with Crippen molar-refractivity contribution in [2.45, 2.75) is 52.1 Å². The Hall–Kier alpha value is -2.44. The number of carbonyl (C=O) groups is 1. The average Bonchev–Trinajstić information content (AvgIpc) is 3.38. The minimum atomic E-state index is -0.108. The maximum absolute atomic E-state index is 12.3. The molecule has 3 heterocycles. The van der Waals surface area contributed by atoms with Crippen LogP contribution in [-0.4, -0.2) is 34.9 Å². The number of amides is 1. The van der Waals surface area contributed by atoms with Crippen LogP contribution in [-0.2, 0) is 6.54 Å². The lowest BCUT2D eigenvalue weighted by atomic mass is 10.0. The molecule has 0 radical (unpaired) electrons. The van der Waals surface area contributed by atoms with Gasteiger partial charge in [-0.3, -0.25) is 9.69 Å². The van der Waals surface area contributed by atoms with Gasteiger partial charge in [-0.05, 0) is 37.3 Å². The molecule has 1 fully saturated rings. The number of benzene rings is 1. The van der Waals surface area contributed by atoms with E-state index in [9.17, 15) is 4.79 Å². The van der Waals surface area contributed by atoms with Gasteiger partial charge in [-0.1, -0.05) is 38.1 Å². The zero-order chi connectivity index (χ0) is 21.1. The molecule has 1 saturated heterocycles. The Labute approximate surface area is 182 Å². The highest BCUT2D eigenvalue weighted by atomic mass is 32.1. The van der Waals surface area contributed by atoms with Gasteiger partial charge in [-0.15, -0.1) is 11.3 Å². The second-order valence-electron chi connectivity index (χ2n) is 8.38. The van der Waals surface area contributed by atoms with Crippen molar-refractivity contribution >= 4 is 17.2 Å². The van der Waals surface area contributed by atoms with Gasteiger partial charge in [0.05, 0.1) is 12.0 Å². The molecule has 0 atom stereocenters. The number of thiazole rings is 1. The van der Waals surface area contributed by atoms with Crippen molar-refractivity contribution in [3.05, 3.63) is 64.6 Å². The van der Waals surface area contributed by atoms with Crippen LogP contribution in [0.15, 0.2) is 46.4 Å². The van der Waals surface area contributed by atoms with Gasteiger partial charge in [0, 0.05) is 42.2 Å². The molecule has 5 nitrogen and oxygen atoms in total. The van der Waals surface area contributed by atoms with E-state index in [4.69, 9.17) is 9.40 Å². The van der Waals surface area contributed by atoms with Gasteiger partial charge in [-0.2, -0.15) is 0 Å². The summed E-state index contributed by atoms with van der Waals surface area (Å²) in [5.41, 5.74) is 4.54. The summed E-state index contributed by atoms with van der Waals surface area (Å²) in [7, 11) is 0. The van der Waals surface area contributed by atoms with E-state index in [1.807, 2.05) is 13.0 Å². The molecule has 1 N–H and O–H groups in total. The van der Waals surface area contributed by atoms with E-state index in [1.165, 1.54) is 11.1 Å². The first-order valence-electron chi connectivity index (χ1n) is 10.6. The van der Waals surface area contributed by atoms with Crippen molar-refractivity contribution in [2.75, 3.05) is 13.1 Å². The molecule has 1 aliphatic rings. The lowest BCUT2D eigenvalue weighted by molar-refractivity contribution is 0.0880. The van der Waals surface area contributed by atoms with Crippen molar-refractivity contribution in [3.63, 3.8) is 0 Å². The predicted molar refractivity (Wildman–Crippen MR) is 121 cm³/mol. The summed E-state index contributed by atoms with van der Waals surface area (Å²) in [5.74, 6) is 0.860. The molecule has 3 aromatic rings. The van der Waals surface area contributed by atoms with Crippen LogP contribution < -0.4 is 5.32 Å². The normalized spacial score (nSPS) is 15.6. The SMILES string of the molecule is Cc1ccoc1C(=O)NC1CCN(Cc2csc(-c3ccc(C(C)C)cc3)n2)CC1. The van der Waals surface area contributed by atoms with Gasteiger partial charge in [0.25, 0.3) is 5.91 Å². The van der Waals surface area contributed by atoms with E-state index in [1.54, 1.807) is 17.6 Å². The Kier molecular flexibility index (Phi) is 6.35. The first-order valence-corrected chi connectivity index (χ1v) is 11.5. The van der Waals surface area contributed by atoms with Crippen LogP contribution in [0.4, 0.5) is 0 Å². The van der Waals surface area contributed by atoms with Crippen LogP contribution in [0.25, 0.3) is 10.6 Å². The molecule has 0 bridgehead atoms. The van der Waals surface area contributed by atoms with E-state index in [-0.39, 0.29) is 11.9 Å². The second kappa shape index (κ2) is 9.14. The zero-order valence-electron chi connectivity index (χ0n) is 17.9. The molecule has 0 spiro atoms. The Balaban J connectivity index is 1.28. The lowest BCUT2D eigenvalue weighted by Gasteiger charge is -2.31. The summed E-state index contributed by atoms with van der Waals surface area (Å²) in [5, 5.41) is 6.36. The van der Waals surface area contributed by atoms with Crippen molar-refractivity contribution in [2.24, 2.45) is 0 Å². The molecule has 30 heavy (non-hydrogen) atoms. The number of carbonyl (C=O) groups excluding carboxylic acids is 1. The van der Waals surface area contributed by atoms with Crippen LogP contribution in [0.2, 0.25) is 0 Å². The fourth-order valence-electron chi connectivity index (χ4n) is 3.84. The third-order valence-corrected chi connectivity index (χ3v) is 6.69. The number of aryl methyl sites for hydroxylation is 1. The molecular weight excluding hydrogens is 394 g/mol. The molecule has 158 valence electrons. The topological polar surface area (TPSA) is 58.4 Å². The number of hydrogen-bond donors (Lipinski definition) is 1. The summed E-state index contributed by atoms with van der Waals surface area (Å²) in [4.78, 5) is 19.6. The standard InChI is InChI=1S/C24H29N3O2S/c1-16(2)18-4-6-19(7-5-18)24-26-21(15-30-24)14-27-11-8-20(9-12-27)25-23(28)22-17(3)10-13-29-22/h4-7,10,13,15-16,20H,8-9,11-12,14H2,1-3H3,(H,25,28). The van der Waals surface area contributed by atoms with E-state index in [0.717, 1.165) is 48.7 Å². The monoisotopic (exact) mass is 423 g/mol. The summed E-state index contributed by atoms with van der Waals surface area (Å²) in [6.45, 7) is 9.09. The van der Waals surface area contributed by atoms with Crippen molar-refractivity contribution < 1.29 is 9.21 Å². The number of likely N-dealkylation sites (tertiary alicyclic amines) is 1. The lowest BCUT2D eigenvalue weighted by Crippen LogP contribution is -2.44. The molecule has 0 aliphatic carbocycles. The maximum Gasteiger partial charge on any atom is 0.287 e. The minimum Gasteiger partial charge on any atom is -0.459 e. The van der Waals surface area contributed by atoms with Crippen molar-refractivity contribution in [1.29, 1.82) is 0 Å². The Morgan fingerprint density at radius 3 is 2.60 bits per heavy atom. The van der Waals surface area contributed by atoms with Crippen LogP contribution >= 0.6 is 11.3 Å². The van der Waals surface area contributed by atoms with Crippen molar-refractivity contribution in [1.82, 2.24) is 15.2 Å². The fourth-order valence-corrected chi connectivity index (χ4v) is 4.66. The molecule has 2 aromatic heterocycles. The smallest absolute Gasteiger partial charge is 0.287 e. The van der Waals surface area contributed by atoms with Crippen molar-refractivity contribution in [3.8, 4) is 10.6 Å². The van der Waals surface area contributed by atoms with Crippen LogP contribution in [0.1, 0.15) is 60.0 Å². The first-order chi connectivity index (χ1) is 14.5. The zero-order valence-corrected chi connectivity index (χ0v) is 18.7. The van der Waals surface area contributed by atoms with Gasteiger partial charge in [0.15, 0.2) is 5.76 Å². The summed E-state index contributed by atoms with van der Waals surface area (Å²) in [6, 6.07) is 10.8. The first kappa shape index (κ1) is 20.8.